The van der Waals surface area contributed by atoms with E-state index in [2.05, 4.69) is 26.6 Å². The normalized spacial score (nSPS) is 9.94. The highest BCUT2D eigenvalue weighted by molar-refractivity contribution is 9.10. The summed E-state index contributed by atoms with van der Waals surface area (Å²) in [4.78, 5) is 22.2. The van der Waals surface area contributed by atoms with Crippen molar-refractivity contribution in [2.24, 2.45) is 5.73 Å². The third kappa shape index (κ3) is 5.03. The number of hydrogen-bond donors (Lipinski definition) is 3. The number of carbonyl (C=O) groups is 2. The Morgan fingerprint density at radius 2 is 2.00 bits per heavy atom. The van der Waals surface area contributed by atoms with Gasteiger partial charge in [0, 0.05) is 16.0 Å². The van der Waals surface area contributed by atoms with Crippen molar-refractivity contribution < 1.29 is 9.59 Å². The van der Waals surface area contributed by atoms with Gasteiger partial charge in [0.05, 0.1) is 13.1 Å². The summed E-state index contributed by atoms with van der Waals surface area (Å²) in [7, 11) is 0. The summed E-state index contributed by atoms with van der Waals surface area (Å²) in [5, 5.41) is 5.59. The average molecular weight is 335 g/mol. The molecule has 0 aliphatic carbocycles. The van der Waals surface area contributed by atoms with Crippen molar-refractivity contribution in [1.29, 1.82) is 0 Å². The van der Waals surface area contributed by atoms with Crippen LogP contribution in [0.25, 0.3) is 0 Å². The number of nitrogens with one attached hydrogen (secondary N) is 2. The number of halogens is 2. The Balaban J connectivity index is 2.40. The second-order valence-corrected chi connectivity index (χ2v) is 4.82. The molecule has 0 atom stereocenters. The molecule has 0 saturated carbocycles. The van der Waals surface area contributed by atoms with Gasteiger partial charge in [-0.25, -0.2) is 0 Å². The van der Waals surface area contributed by atoms with Crippen LogP contribution in [0.5, 0.6) is 0 Å². The van der Waals surface area contributed by atoms with Crippen molar-refractivity contribution in [3.8, 4) is 0 Å². The van der Waals surface area contributed by atoms with Gasteiger partial charge in [-0.1, -0.05) is 33.6 Å². The first-order valence-corrected chi connectivity index (χ1v) is 6.37. The van der Waals surface area contributed by atoms with Crippen LogP contribution in [-0.4, -0.2) is 24.9 Å². The van der Waals surface area contributed by atoms with E-state index in [0.29, 0.717) is 11.6 Å². The Labute approximate surface area is 118 Å². The van der Waals surface area contributed by atoms with E-state index in [9.17, 15) is 9.59 Å². The standard InChI is InChI=1S/C11H13BrClN3O2/c12-8-2-1-7(9(13)3-8)5-15-11(18)6-16-10(17)4-14/h1-3H,4-6,14H2,(H,15,18)(H,16,17). The molecule has 7 heteroatoms. The van der Waals surface area contributed by atoms with Crippen LogP contribution in [0, 0.1) is 0 Å². The van der Waals surface area contributed by atoms with Crippen LogP contribution in [0.3, 0.4) is 0 Å². The summed E-state index contributed by atoms with van der Waals surface area (Å²) in [6.07, 6.45) is 0. The first-order chi connectivity index (χ1) is 8.52. The quantitative estimate of drug-likeness (QED) is 0.744. The van der Waals surface area contributed by atoms with Gasteiger partial charge in [-0.15, -0.1) is 0 Å². The van der Waals surface area contributed by atoms with Crippen molar-refractivity contribution in [3.63, 3.8) is 0 Å². The molecule has 0 saturated heterocycles. The fraction of sp³-hybridized carbons (Fsp3) is 0.273. The highest BCUT2D eigenvalue weighted by Crippen LogP contribution is 2.20. The molecule has 18 heavy (non-hydrogen) atoms. The first-order valence-electron chi connectivity index (χ1n) is 5.20. The Hall–Kier alpha value is -1.11. The highest BCUT2D eigenvalue weighted by Gasteiger charge is 2.05. The highest BCUT2D eigenvalue weighted by atomic mass is 79.9. The third-order valence-corrected chi connectivity index (χ3v) is 2.97. The zero-order valence-corrected chi connectivity index (χ0v) is 11.8. The van der Waals surface area contributed by atoms with E-state index < -0.39 is 0 Å². The van der Waals surface area contributed by atoms with Crippen molar-refractivity contribution in [2.45, 2.75) is 6.54 Å². The van der Waals surface area contributed by atoms with Gasteiger partial charge in [-0.3, -0.25) is 9.59 Å². The topological polar surface area (TPSA) is 84.2 Å². The smallest absolute Gasteiger partial charge is 0.239 e. The van der Waals surface area contributed by atoms with E-state index in [4.69, 9.17) is 17.3 Å². The summed E-state index contributed by atoms with van der Waals surface area (Å²) in [5.41, 5.74) is 5.90. The van der Waals surface area contributed by atoms with Crippen molar-refractivity contribution in [3.05, 3.63) is 33.3 Å². The molecule has 98 valence electrons. The predicted molar refractivity (Wildman–Crippen MR) is 73.1 cm³/mol. The molecular formula is C11H13BrClN3O2. The summed E-state index contributed by atoms with van der Waals surface area (Å²) in [6.45, 7) is 0.0828. The molecule has 1 aromatic rings. The molecule has 0 heterocycles. The van der Waals surface area contributed by atoms with E-state index in [1.165, 1.54) is 0 Å². The monoisotopic (exact) mass is 333 g/mol. The minimum atomic E-state index is -0.369. The summed E-state index contributed by atoms with van der Waals surface area (Å²) < 4.78 is 0.873. The molecule has 0 aliphatic rings. The van der Waals surface area contributed by atoms with Gasteiger partial charge in [0.2, 0.25) is 11.8 Å². The van der Waals surface area contributed by atoms with Crippen LogP contribution in [-0.2, 0) is 16.1 Å². The van der Waals surface area contributed by atoms with E-state index in [0.717, 1.165) is 10.0 Å². The van der Waals surface area contributed by atoms with Gasteiger partial charge in [-0.05, 0) is 17.7 Å². The lowest BCUT2D eigenvalue weighted by molar-refractivity contribution is -0.125. The number of benzene rings is 1. The van der Waals surface area contributed by atoms with Gasteiger partial charge < -0.3 is 16.4 Å². The summed E-state index contributed by atoms with van der Waals surface area (Å²) in [6, 6.07) is 5.40. The number of rotatable bonds is 5. The van der Waals surface area contributed by atoms with Crippen LogP contribution in [0.2, 0.25) is 5.02 Å². The Kier molecular flexibility index (Phi) is 6.11. The molecule has 0 unspecified atom stereocenters. The number of amides is 2. The predicted octanol–water partition coefficient (Wildman–Crippen LogP) is 0.794. The summed E-state index contributed by atoms with van der Waals surface area (Å²) in [5.74, 6) is -0.664. The number of carbonyl (C=O) groups excluding carboxylic acids is 2. The molecule has 1 aromatic carbocycles. The van der Waals surface area contributed by atoms with Gasteiger partial charge in [0.25, 0.3) is 0 Å². The van der Waals surface area contributed by atoms with Gasteiger partial charge in [0.1, 0.15) is 0 Å². The molecule has 1 rings (SSSR count). The Morgan fingerprint density at radius 1 is 1.28 bits per heavy atom. The fourth-order valence-corrected chi connectivity index (χ4v) is 1.91. The Morgan fingerprint density at radius 3 is 2.61 bits per heavy atom. The SMILES string of the molecule is NCC(=O)NCC(=O)NCc1ccc(Br)cc1Cl. The molecule has 0 aliphatic heterocycles. The van der Waals surface area contributed by atoms with Crippen LogP contribution >= 0.6 is 27.5 Å². The zero-order valence-electron chi connectivity index (χ0n) is 9.50. The van der Waals surface area contributed by atoms with Crippen molar-refractivity contribution in [2.75, 3.05) is 13.1 Å². The Bertz CT molecular complexity index is 454. The molecule has 2 amide bonds. The first kappa shape index (κ1) is 14.9. The molecule has 5 nitrogen and oxygen atoms in total. The largest absolute Gasteiger partial charge is 0.350 e. The van der Waals surface area contributed by atoms with Crippen LogP contribution in [0.1, 0.15) is 5.56 Å². The number of hydrogen-bond acceptors (Lipinski definition) is 3. The zero-order chi connectivity index (χ0) is 13.5. The fourth-order valence-electron chi connectivity index (χ4n) is 1.17. The van der Waals surface area contributed by atoms with Crippen molar-refractivity contribution in [1.82, 2.24) is 10.6 Å². The second kappa shape index (κ2) is 7.35. The maximum atomic E-state index is 11.4. The second-order valence-electron chi connectivity index (χ2n) is 3.49. The number of nitrogens with two attached hydrogens (primary N) is 1. The van der Waals surface area contributed by atoms with Gasteiger partial charge >= 0.3 is 0 Å². The molecule has 4 N–H and O–H groups in total. The summed E-state index contributed by atoms with van der Waals surface area (Å²) >= 11 is 9.29. The lowest BCUT2D eigenvalue weighted by Gasteiger charge is -2.08. The van der Waals surface area contributed by atoms with Crippen LogP contribution in [0.4, 0.5) is 0 Å². The van der Waals surface area contributed by atoms with E-state index in [1.807, 2.05) is 12.1 Å². The van der Waals surface area contributed by atoms with Crippen LogP contribution in [0.15, 0.2) is 22.7 Å². The minimum Gasteiger partial charge on any atom is -0.350 e. The van der Waals surface area contributed by atoms with E-state index >= 15 is 0 Å². The maximum absolute atomic E-state index is 11.4. The minimum absolute atomic E-state index is 0.0931. The van der Waals surface area contributed by atoms with E-state index in [-0.39, 0.29) is 24.9 Å². The van der Waals surface area contributed by atoms with Crippen LogP contribution < -0.4 is 16.4 Å². The average Bonchev–Trinajstić information content (AvgIpc) is 2.34. The molecule has 0 aromatic heterocycles. The third-order valence-electron chi connectivity index (χ3n) is 2.12. The maximum Gasteiger partial charge on any atom is 0.239 e. The lowest BCUT2D eigenvalue weighted by Crippen LogP contribution is -2.39. The van der Waals surface area contributed by atoms with Gasteiger partial charge in [0.15, 0.2) is 0 Å². The van der Waals surface area contributed by atoms with E-state index in [1.54, 1.807) is 6.07 Å². The van der Waals surface area contributed by atoms with Crippen molar-refractivity contribution >= 4 is 39.3 Å². The molecule has 0 bridgehead atoms. The van der Waals surface area contributed by atoms with Gasteiger partial charge in [-0.2, -0.15) is 0 Å². The molecule has 0 fully saturated rings. The lowest BCUT2D eigenvalue weighted by atomic mass is 10.2. The molecular weight excluding hydrogens is 321 g/mol. The molecule has 0 radical (unpaired) electrons. The molecule has 0 spiro atoms.